The van der Waals surface area contributed by atoms with E-state index in [2.05, 4.69) is 10.6 Å². The lowest BCUT2D eigenvalue weighted by atomic mass is 10.1. The Labute approximate surface area is 251 Å². The summed E-state index contributed by atoms with van der Waals surface area (Å²) in [6, 6.07) is 24.6. The molecule has 40 heavy (non-hydrogen) atoms. The van der Waals surface area contributed by atoms with E-state index in [1.807, 2.05) is 0 Å². The molecule has 4 aromatic rings. The van der Waals surface area contributed by atoms with Gasteiger partial charge in [-0.05, 0) is 84.5 Å². The van der Waals surface area contributed by atoms with Crippen LogP contribution in [0.3, 0.4) is 0 Å². The number of hydrogen-bond donors (Lipinski definition) is 2. The molecule has 0 atom stereocenters. The van der Waals surface area contributed by atoms with E-state index in [9.17, 15) is 14.4 Å². The van der Waals surface area contributed by atoms with Crippen molar-refractivity contribution in [3.8, 4) is 0 Å². The summed E-state index contributed by atoms with van der Waals surface area (Å²) >= 11 is 24.6. The fraction of sp³-hybridized carbons (Fsp3) is 0. The molecular weight excluding hydrogens is 590 g/mol. The Balaban J connectivity index is 1.53. The van der Waals surface area contributed by atoms with Gasteiger partial charge in [0.1, 0.15) is 5.70 Å². The van der Waals surface area contributed by atoms with E-state index in [1.165, 1.54) is 18.2 Å². The van der Waals surface area contributed by atoms with E-state index in [-0.39, 0.29) is 11.5 Å². The Morgan fingerprint density at radius 3 is 2.00 bits per heavy atom. The third kappa shape index (κ3) is 7.62. The van der Waals surface area contributed by atoms with E-state index >= 15 is 0 Å². The van der Waals surface area contributed by atoms with Gasteiger partial charge in [-0.3, -0.25) is 14.4 Å². The number of ketones is 1. The van der Waals surface area contributed by atoms with Gasteiger partial charge < -0.3 is 10.6 Å². The van der Waals surface area contributed by atoms with Crippen molar-refractivity contribution in [2.45, 2.75) is 0 Å². The number of allylic oxidation sites excluding steroid dienone is 1. The zero-order chi connectivity index (χ0) is 28.6. The van der Waals surface area contributed by atoms with E-state index in [0.29, 0.717) is 48.0 Å². The summed E-state index contributed by atoms with van der Waals surface area (Å²) < 4.78 is 0. The molecule has 0 spiro atoms. The Morgan fingerprint density at radius 2 is 1.35 bits per heavy atom. The van der Waals surface area contributed by atoms with E-state index in [0.717, 1.165) is 0 Å². The van der Waals surface area contributed by atoms with Crippen molar-refractivity contribution in [3.63, 3.8) is 0 Å². The number of halogens is 4. The molecule has 4 rings (SSSR count). The first kappa shape index (κ1) is 29.1. The lowest BCUT2D eigenvalue weighted by molar-refractivity contribution is -0.113. The molecule has 0 aliphatic carbocycles. The van der Waals surface area contributed by atoms with Crippen LogP contribution >= 0.6 is 46.4 Å². The maximum absolute atomic E-state index is 13.2. The highest BCUT2D eigenvalue weighted by Crippen LogP contribution is 2.26. The molecule has 0 saturated heterocycles. The van der Waals surface area contributed by atoms with Gasteiger partial charge in [-0.2, -0.15) is 0 Å². The molecule has 9 heteroatoms. The molecule has 2 amide bonds. The summed E-state index contributed by atoms with van der Waals surface area (Å²) in [4.78, 5) is 38.7. The quantitative estimate of drug-likeness (QED) is 0.155. The second-order valence-electron chi connectivity index (χ2n) is 8.41. The summed E-state index contributed by atoms with van der Waals surface area (Å²) in [5.41, 5.74) is 2.15. The minimum absolute atomic E-state index is 0.0437. The zero-order valence-corrected chi connectivity index (χ0v) is 23.7. The van der Waals surface area contributed by atoms with Gasteiger partial charge in [0.25, 0.3) is 11.8 Å². The number of amides is 2. The van der Waals surface area contributed by atoms with Gasteiger partial charge in [0.2, 0.25) is 0 Å². The average Bonchev–Trinajstić information content (AvgIpc) is 2.94. The highest BCUT2D eigenvalue weighted by atomic mass is 35.5. The average molecular weight is 610 g/mol. The standard InChI is InChI=1S/C31H20Cl4N2O3/c32-22-12-9-21(27(35)18-22)17-28(37-30(39)20-5-2-1-3-6-20)31(40)36-23-13-10-19(11-14-23)29(38)16-15-24-25(33)7-4-8-26(24)34/h1-18H,(H,36,40)(H,37,39)/b16-15+,28-17-. The molecule has 0 aromatic heterocycles. The van der Waals surface area contributed by atoms with Crippen LogP contribution in [0.1, 0.15) is 31.8 Å². The monoisotopic (exact) mass is 608 g/mol. The van der Waals surface area contributed by atoms with Crippen molar-refractivity contribution in [2.75, 3.05) is 5.32 Å². The van der Waals surface area contributed by atoms with Gasteiger partial charge in [-0.15, -0.1) is 0 Å². The first-order valence-corrected chi connectivity index (χ1v) is 13.3. The maximum Gasteiger partial charge on any atom is 0.272 e. The minimum atomic E-state index is -0.595. The van der Waals surface area contributed by atoms with Gasteiger partial charge in [0, 0.05) is 42.5 Å². The number of carbonyl (C=O) groups excluding carboxylic acids is 3. The highest BCUT2D eigenvalue weighted by molar-refractivity contribution is 6.37. The Hall–Kier alpha value is -3.87. The number of hydrogen-bond acceptors (Lipinski definition) is 3. The van der Waals surface area contributed by atoms with Crippen molar-refractivity contribution in [3.05, 3.63) is 145 Å². The Morgan fingerprint density at radius 1 is 0.675 bits per heavy atom. The van der Waals surface area contributed by atoms with Crippen LogP contribution in [-0.2, 0) is 4.79 Å². The molecule has 200 valence electrons. The van der Waals surface area contributed by atoms with E-state index < -0.39 is 11.8 Å². The molecule has 0 radical (unpaired) electrons. The summed E-state index contributed by atoms with van der Waals surface area (Å²) in [6.45, 7) is 0. The van der Waals surface area contributed by atoms with Crippen molar-refractivity contribution >= 4 is 81.8 Å². The van der Waals surface area contributed by atoms with E-state index in [1.54, 1.807) is 91.0 Å². The van der Waals surface area contributed by atoms with Crippen LogP contribution in [0.5, 0.6) is 0 Å². The second kappa shape index (κ2) is 13.5. The summed E-state index contributed by atoms with van der Waals surface area (Å²) in [5, 5.41) is 6.98. The smallest absolute Gasteiger partial charge is 0.272 e. The molecule has 5 nitrogen and oxygen atoms in total. The molecule has 0 aliphatic rings. The normalized spacial score (nSPS) is 11.3. The predicted molar refractivity (Wildman–Crippen MR) is 163 cm³/mol. The van der Waals surface area contributed by atoms with Crippen LogP contribution in [0.15, 0.2) is 103 Å². The number of anilines is 1. The Kier molecular flexibility index (Phi) is 9.80. The lowest BCUT2D eigenvalue weighted by Crippen LogP contribution is -2.30. The van der Waals surface area contributed by atoms with Crippen LogP contribution < -0.4 is 10.6 Å². The fourth-order valence-electron chi connectivity index (χ4n) is 3.56. The topological polar surface area (TPSA) is 75.3 Å². The molecule has 0 bridgehead atoms. The molecule has 0 heterocycles. The first-order chi connectivity index (χ1) is 19.2. The number of nitrogens with one attached hydrogen (secondary N) is 2. The van der Waals surface area contributed by atoms with Gasteiger partial charge in [0.05, 0.1) is 0 Å². The number of carbonyl (C=O) groups is 3. The van der Waals surface area contributed by atoms with Crippen molar-refractivity contribution in [2.24, 2.45) is 0 Å². The van der Waals surface area contributed by atoms with Crippen LogP contribution in [0.2, 0.25) is 20.1 Å². The summed E-state index contributed by atoms with van der Waals surface area (Å²) in [7, 11) is 0. The summed E-state index contributed by atoms with van der Waals surface area (Å²) in [5.74, 6) is -1.34. The van der Waals surface area contributed by atoms with Crippen LogP contribution in [0.4, 0.5) is 5.69 Å². The van der Waals surface area contributed by atoms with Crippen LogP contribution in [0, 0.1) is 0 Å². The van der Waals surface area contributed by atoms with Gasteiger partial charge >= 0.3 is 0 Å². The fourth-order valence-corrected chi connectivity index (χ4v) is 4.54. The number of rotatable bonds is 8. The molecular formula is C31H20Cl4N2O3. The molecule has 0 saturated carbocycles. The summed E-state index contributed by atoms with van der Waals surface area (Å²) in [6.07, 6.45) is 4.38. The van der Waals surface area contributed by atoms with Gasteiger partial charge in [0.15, 0.2) is 5.78 Å². The SMILES string of the molecule is O=C(Nc1ccc(C(=O)/C=C/c2c(Cl)cccc2Cl)cc1)/C(=C/c1ccc(Cl)cc1Cl)NC(=O)c1ccccc1. The number of benzene rings is 4. The van der Waals surface area contributed by atoms with Crippen molar-refractivity contribution in [1.82, 2.24) is 5.32 Å². The van der Waals surface area contributed by atoms with E-state index in [4.69, 9.17) is 46.4 Å². The lowest BCUT2D eigenvalue weighted by Gasteiger charge is -2.12. The van der Waals surface area contributed by atoms with Crippen molar-refractivity contribution in [1.29, 1.82) is 0 Å². The highest BCUT2D eigenvalue weighted by Gasteiger charge is 2.16. The van der Waals surface area contributed by atoms with Crippen LogP contribution in [0.25, 0.3) is 12.2 Å². The third-order valence-electron chi connectivity index (χ3n) is 5.62. The molecule has 2 N–H and O–H groups in total. The Bertz CT molecular complexity index is 1610. The van der Waals surface area contributed by atoms with Gasteiger partial charge in [-0.1, -0.05) is 76.7 Å². The maximum atomic E-state index is 13.2. The zero-order valence-electron chi connectivity index (χ0n) is 20.6. The minimum Gasteiger partial charge on any atom is -0.321 e. The predicted octanol–water partition coefficient (Wildman–Crippen LogP) is 8.61. The first-order valence-electron chi connectivity index (χ1n) is 11.8. The van der Waals surface area contributed by atoms with Crippen molar-refractivity contribution < 1.29 is 14.4 Å². The molecule has 0 fully saturated rings. The molecule has 0 unspecified atom stereocenters. The largest absolute Gasteiger partial charge is 0.321 e. The van der Waals surface area contributed by atoms with Crippen LogP contribution in [-0.4, -0.2) is 17.6 Å². The second-order valence-corrected chi connectivity index (χ2v) is 10.1. The third-order valence-corrected chi connectivity index (χ3v) is 6.84. The molecule has 4 aromatic carbocycles. The molecule has 0 aliphatic heterocycles. The van der Waals surface area contributed by atoms with Gasteiger partial charge in [-0.25, -0.2) is 0 Å².